The summed E-state index contributed by atoms with van der Waals surface area (Å²) >= 11 is 0. The minimum atomic E-state index is -0.531. The number of nitrogens with one attached hydrogen (secondary N) is 1. The molecule has 1 aromatic heterocycles. The predicted octanol–water partition coefficient (Wildman–Crippen LogP) is 3.73. The van der Waals surface area contributed by atoms with Gasteiger partial charge in [-0.15, -0.1) is 0 Å². The molecule has 0 saturated carbocycles. The second-order valence-corrected chi connectivity index (χ2v) is 6.72. The topological polar surface area (TPSA) is 109 Å². The second-order valence-electron chi connectivity index (χ2n) is 6.72. The molecule has 0 fully saturated rings. The van der Waals surface area contributed by atoms with Crippen LogP contribution in [0.1, 0.15) is 17.0 Å². The van der Waals surface area contributed by atoms with Crippen LogP contribution in [0.15, 0.2) is 42.5 Å². The van der Waals surface area contributed by atoms with Crippen LogP contribution in [-0.4, -0.2) is 34.3 Å². The fraction of sp³-hybridized carbons (Fsp3) is 0.238. The monoisotopic (exact) mass is 410 g/mol. The molecular weight excluding hydrogens is 388 g/mol. The summed E-state index contributed by atoms with van der Waals surface area (Å²) in [5.74, 6) is 0.0312. The van der Waals surface area contributed by atoms with Crippen molar-refractivity contribution in [2.45, 2.75) is 20.8 Å². The van der Waals surface area contributed by atoms with Gasteiger partial charge in [-0.3, -0.25) is 14.9 Å². The number of carbonyl (C=O) groups is 1. The van der Waals surface area contributed by atoms with Gasteiger partial charge in [0.2, 0.25) is 0 Å². The first-order valence-electron chi connectivity index (χ1n) is 9.18. The molecule has 1 N–H and O–H groups in total. The number of ether oxygens (including phenoxy) is 2. The molecule has 0 unspecified atom stereocenters. The fourth-order valence-electron chi connectivity index (χ4n) is 2.97. The highest BCUT2D eigenvalue weighted by atomic mass is 16.6. The number of carbonyl (C=O) groups excluding carboxylic acids is 1. The largest absolute Gasteiger partial charge is 0.493 e. The fourth-order valence-corrected chi connectivity index (χ4v) is 2.97. The number of nitrogens with zero attached hydrogens (tertiary/aromatic N) is 3. The van der Waals surface area contributed by atoms with E-state index in [1.807, 2.05) is 45.0 Å². The van der Waals surface area contributed by atoms with Gasteiger partial charge >= 0.3 is 0 Å². The zero-order chi connectivity index (χ0) is 21.8. The van der Waals surface area contributed by atoms with Crippen molar-refractivity contribution in [3.05, 3.63) is 69.5 Å². The zero-order valence-corrected chi connectivity index (χ0v) is 17.1. The smallest absolute Gasteiger partial charge is 0.273 e. The Morgan fingerprint density at radius 2 is 1.83 bits per heavy atom. The Labute approximate surface area is 173 Å². The van der Waals surface area contributed by atoms with Crippen LogP contribution in [-0.2, 0) is 4.79 Å². The highest BCUT2D eigenvalue weighted by Gasteiger charge is 2.17. The number of nitro benzene ring substituents is 1. The summed E-state index contributed by atoms with van der Waals surface area (Å²) in [6.07, 6.45) is 0. The van der Waals surface area contributed by atoms with Crippen molar-refractivity contribution in [1.82, 2.24) is 9.78 Å². The quantitative estimate of drug-likeness (QED) is 0.470. The molecule has 0 saturated heterocycles. The van der Waals surface area contributed by atoms with Gasteiger partial charge in [0.05, 0.1) is 40.9 Å². The third-order valence-electron chi connectivity index (χ3n) is 4.55. The number of aryl methyl sites for hydroxylation is 2. The maximum Gasteiger partial charge on any atom is 0.273 e. The van der Waals surface area contributed by atoms with Gasteiger partial charge in [0.1, 0.15) is 0 Å². The highest BCUT2D eigenvalue weighted by molar-refractivity contribution is 5.93. The Balaban J connectivity index is 1.71. The van der Waals surface area contributed by atoms with Gasteiger partial charge in [0, 0.05) is 6.07 Å². The van der Waals surface area contributed by atoms with E-state index in [2.05, 4.69) is 10.4 Å². The Morgan fingerprint density at radius 3 is 2.47 bits per heavy atom. The molecule has 3 rings (SSSR count). The molecule has 0 aliphatic rings. The summed E-state index contributed by atoms with van der Waals surface area (Å²) in [5.41, 5.74) is 3.99. The van der Waals surface area contributed by atoms with E-state index in [1.165, 1.54) is 25.3 Å². The van der Waals surface area contributed by atoms with Crippen molar-refractivity contribution in [1.29, 1.82) is 0 Å². The zero-order valence-electron chi connectivity index (χ0n) is 17.1. The van der Waals surface area contributed by atoms with E-state index in [1.54, 1.807) is 4.68 Å². The van der Waals surface area contributed by atoms with Crippen LogP contribution >= 0.6 is 0 Å². The van der Waals surface area contributed by atoms with E-state index in [0.29, 0.717) is 11.4 Å². The molecule has 0 aliphatic carbocycles. The van der Waals surface area contributed by atoms with Crippen molar-refractivity contribution in [3.8, 4) is 17.2 Å². The first kappa shape index (κ1) is 20.8. The number of rotatable bonds is 7. The normalized spacial score (nSPS) is 10.5. The summed E-state index contributed by atoms with van der Waals surface area (Å²) in [6.45, 7) is 5.41. The maximum absolute atomic E-state index is 12.4. The summed E-state index contributed by atoms with van der Waals surface area (Å²) in [4.78, 5) is 22.8. The number of hydrogen-bond donors (Lipinski definition) is 1. The summed E-state index contributed by atoms with van der Waals surface area (Å²) in [7, 11) is 1.37. The number of methoxy groups -OCH3 is 1. The average molecular weight is 410 g/mol. The molecule has 30 heavy (non-hydrogen) atoms. The lowest BCUT2D eigenvalue weighted by molar-refractivity contribution is -0.384. The molecule has 2 aromatic carbocycles. The minimum absolute atomic E-state index is 0.126. The van der Waals surface area contributed by atoms with Gasteiger partial charge in [-0.05, 0) is 39.0 Å². The standard InChI is InChI=1S/C21H22N4O5/c1-13-5-7-16(8-6-13)24-15(3)21(14(2)23-24)22-20(26)12-30-18-10-9-17(25(27)28)11-19(18)29-4/h5-11H,12H2,1-4H3,(H,22,26). The van der Waals surface area contributed by atoms with E-state index in [4.69, 9.17) is 9.47 Å². The SMILES string of the molecule is COc1cc([N+](=O)[O-])ccc1OCC(=O)Nc1c(C)nn(-c2ccc(C)cc2)c1C. The summed E-state index contributed by atoms with van der Waals surface area (Å²) in [6, 6.07) is 11.8. The number of hydrogen-bond acceptors (Lipinski definition) is 6. The molecule has 1 heterocycles. The molecule has 156 valence electrons. The van der Waals surface area contributed by atoms with Crippen molar-refractivity contribution in [2.75, 3.05) is 19.0 Å². The van der Waals surface area contributed by atoms with Crippen molar-refractivity contribution < 1.29 is 19.2 Å². The summed E-state index contributed by atoms with van der Waals surface area (Å²) < 4.78 is 12.4. The molecule has 9 heteroatoms. The van der Waals surface area contributed by atoms with Gasteiger partial charge in [0.15, 0.2) is 18.1 Å². The number of aromatic nitrogens is 2. The number of benzene rings is 2. The van der Waals surface area contributed by atoms with E-state index in [0.717, 1.165) is 16.9 Å². The van der Waals surface area contributed by atoms with Crippen molar-refractivity contribution in [2.24, 2.45) is 0 Å². The molecule has 9 nitrogen and oxygen atoms in total. The van der Waals surface area contributed by atoms with E-state index in [-0.39, 0.29) is 29.7 Å². The number of anilines is 1. The van der Waals surface area contributed by atoms with E-state index >= 15 is 0 Å². The predicted molar refractivity (Wildman–Crippen MR) is 112 cm³/mol. The van der Waals surface area contributed by atoms with Gasteiger partial charge in [-0.25, -0.2) is 4.68 Å². The summed E-state index contributed by atoms with van der Waals surface area (Å²) in [5, 5.41) is 18.2. The van der Waals surface area contributed by atoms with Crippen LogP contribution in [0.2, 0.25) is 0 Å². The first-order chi connectivity index (χ1) is 14.3. The van der Waals surface area contributed by atoms with E-state index in [9.17, 15) is 14.9 Å². The second kappa shape index (κ2) is 8.64. The molecular formula is C21H22N4O5. The lowest BCUT2D eigenvalue weighted by Crippen LogP contribution is -2.21. The lowest BCUT2D eigenvalue weighted by atomic mass is 10.2. The Kier molecular flexibility index (Phi) is 6.01. The lowest BCUT2D eigenvalue weighted by Gasteiger charge is -2.11. The van der Waals surface area contributed by atoms with Crippen molar-refractivity contribution >= 4 is 17.3 Å². The van der Waals surface area contributed by atoms with Crippen LogP contribution in [0.5, 0.6) is 11.5 Å². The molecule has 0 spiro atoms. The minimum Gasteiger partial charge on any atom is -0.493 e. The third kappa shape index (κ3) is 4.40. The van der Waals surface area contributed by atoms with Crippen LogP contribution < -0.4 is 14.8 Å². The number of amides is 1. The molecule has 0 atom stereocenters. The molecule has 1 amide bonds. The highest BCUT2D eigenvalue weighted by Crippen LogP contribution is 2.31. The molecule has 0 bridgehead atoms. The van der Waals surface area contributed by atoms with E-state index < -0.39 is 4.92 Å². The number of nitro groups is 1. The Hall–Kier alpha value is -3.88. The van der Waals surface area contributed by atoms with Gasteiger partial charge in [-0.1, -0.05) is 17.7 Å². The number of non-ortho nitro benzene ring substituents is 1. The maximum atomic E-state index is 12.4. The molecule has 0 radical (unpaired) electrons. The van der Waals surface area contributed by atoms with Crippen LogP contribution in [0.4, 0.5) is 11.4 Å². The first-order valence-corrected chi connectivity index (χ1v) is 9.18. The van der Waals surface area contributed by atoms with Crippen molar-refractivity contribution in [3.63, 3.8) is 0 Å². The van der Waals surface area contributed by atoms with Crippen LogP contribution in [0.25, 0.3) is 5.69 Å². The Morgan fingerprint density at radius 1 is 1.13 bits per heavy atom. The van der Waals surface area contributed by atoms with Crippen LogP contribution in [0, 0.1) is 30.9 Å². The van der Waals surface area contributed by atoms with Gasteiger partial charge in [0.25, 0.3) is 11.6 Å². The van der Waals surface area contributed by atoms with Gasteiger partial charge < -0.3 is 14.8 Å². The Bertz CT molecular complexity index is 1090. The van der Waals surface area contributed by atoms with Gasteiger partial charge in [-0.2, -0.15) is 5.10 Å². The molecule has 0 aliphatic heterocycles. The van der Waals surface area contributed by atoms with Crippen LogP contribution in [0.3, 0.4) is 0 Å². The average Bonchev–Trinajstić information content (AvgIpc) is 3.00. The molecule has 3 aromatic rings. The third-order valence-corrected chi connectivity index (χ3v) is 4.55.